The smallest absolute Gasteiger partial charge is 0.410 e. The van der Waals surface area contributed by atoms with Crippen LogP contribution >= 0.6 is 15.9 Å². The van der Waals surface area contributed by atoms with Gasteiger partial charge in [-0.2, -0.15) is 0 Å². The minimum Gasteiger partial charge on any atom is -0.444 e. The summed E-state index contributed by atoms with van der Waals surface area (Å²) in [6, 6.07) is 0.218. The number of nitrogens with two attached hydrogens (primary N) is 1. The van der Waals surface area contributed by atoms with Crippen molar-refractivity contribution < 1.29 is 14.3 Å². The van der Waals surface area contributed by atoms with Crippen LogP contribution in [0.15, 0.2) is 45.6 Å². The number of ketones is 1. The van der Waals surface area contributed by atoms with Crippen LogP contribution in [0.4, 0.5) is 4.79 Å². The van der Waals surface area contributed by atoms with Gasteiger partial charge in [-0.05, 0) is 50.8 Å². The molecule has 144 valence electrons. The molecule has 1 saturated carbocycles. The molecule has 0 bridgehead atoms. The van der Waals surface area contributed by atoms with Crippen LogP contribution in [0.5, 0.6) is 0 Å². The summed E-state index contributed by atoms with van der Waals surface area (Å²) in [5.74, 6) is -0.236. The van der Waals surface area contributed by atoms with E-state index >= 15 is 0 Å². The van der Waals surface area contributed by atoms with Gasteiger partial charge >= 0.3 is 6.09 Å². The van der Waals surface area contributed by atoms with E-state index in [1.54, 1.807) is 37.9 Å². The summed E-state index contributed by atoms with van der Waals surface area (Å²) in [6.45, 7) is 8.88. The molecule has 1 rings (SSSR count). The third-order valence-corrected chi connectivity index (χ3v) is 5.44. The molecule has 0 atom stereocenters. The predicted octanol–water partition coefficient (Wildman–Crippen LogP) is 4.60. The Bertz CT molecular complexity index is 652. The zero-order valence-electron chi connectivity index (χ0n) is 16.1. The zero-order valence-corrected chi connectivity index (χ0v) is 17.7. The van der Waals surface area contributed by atoms with E-state index in [-0.39, 0.29) is 18.4 Å². The first-order valence-electron chi connectivity index (χ1n) is 8.74. The molecule has 1 amide bonds. The number of halogens is 1. The van der Waals surface area contributed by atoms with E-state index in [2.05, 4.69) is 22.5 Å². The average molecular weight is 425 g/mol. The highest BCUT2D eigenvalue weighted by Crippen LogP contribution is 2.23. The Hall–Kier alpha value is -1.82. The quantitative estimate of drug-likeness (QED) is 0.478. The standard InChI is InChI=1S/C20H29BrN2O3/c1-13(2)18(21)11-10-14(3)19(24)17(15(4)22)12-26-20(25)23(5)16-8-6-7-9-16/h10-11,16H,1,6-9,12,22H2,2-5H3/b14-10+,17-15-,18-11+. The van der Waals surface area contributed by atoms with E-state index in [4.69, 9.17) is 10.5 Å². The van der Waals surface area contributed by atoms with E-state index in [1.165, 1.54) is 0 Å². The summed E-state index contributed by atoms with van der Waals surface area (Å²) in [7, 11) is 1.74. The van der Waals surface area contributed by atoms with Gasteiger partial charge in [0, 0.05) is 23.3 Å². The van der Waals surface area contributed by atoms with Gasteiger partial charge in [-0.15, -0.1) is 0 Å². The summed E-state index contributed by atoms with van der Waals surface area (Å²) < 4.78 is 6.15. The van der Waals surface area contributed by atoms with Crippen LogP contribution in [-0.4, -0.2) is 36.5 Å². The molecule has 0 aliphatic heterocycles. The number of allylic oxidation sites excluding steroid dienone is 6. The van der Waals surface area contributed by atoms with E-state index in [9.17, 15) is 9.59 Å². The number of hydrogen-bond acceptors (Lipinski definition) is 4. The van der Waals surface area contributed by atoms with Gasteiger partial charge < -0.3 is 15.4 Å². The number of carbonyl (C=O) groups is 2. The third kappa shape index (κ3) is 6.48. The fourth-order valence-electron chi connectivity index (χ4n) is 2.69. The molecule has 0 spiro atoms. The Labute approximate surface area is 164 Å². The van der Waals surface area contributed by atoms with Crippen molar-refractivity contribution in [2.75, 3.05) is 13.7 Å². The molecule has 1 aliphatic rings. The normalized spacial score (nSPS) is 17.0. The molecule has 0 aromatic carbocycles. The number of hydrogen-bond donors (Lipinski definition) is 1. The Balaban J connectivity index is 2.77. The van der Waals surface area contributed by atoms with E-state index in [0.29, 0.717) is 16.8 Å². The molecular formula is C20H29BrN2O3. The maximum Gasteiger partial charge on any atom is 0.410 e. The van der Waals surface area contributed by atoms with Crippen LogP contribution in [0.2, 0.25) is 0 Å². The minimum atomic E-state index is -0.421. The summed E-state index contributed by atoms with van der Waals surface area (Å²) in [6.07, 6.45) is 7.28. The number of Topliss-reactive ketones (excluding diaryl/α,β-unsaturated/α-hetero) is 1. The van der Waals surface area contributed by atoms with Crippen LogP contribution in [0.1, 0.15) is 46.5 Å². The molecule has 0 unspecified atom stereocenters. The summed E-state index contributed by atoms with van der Waals surface area (Å²) >= 11 is 3.38. The monoisotopic (exact) mass is 424 g/mol. The first-order valence-corrected chi connectivity index (χ1v) is 9.54. The van der Waals surface area contributed by atoms with Crippen molar-refractivity contribution in [3.8, 4) is 0 Å². The van der Waals surface area contributed by atoms with Gasteiger partial charge in [-0.25, -0.2) is 4.79 Å². The van der Waals surface area contributed by atoms with Gasteiger partial charge in [0.15, 0.2) is 5.78 Å². The molecule has 0 aromatic heterocycles. The minimum absolute atomic E-state index is 0.131. The fourth-order valence-corrected chi connectivity index (χ4v) is 2.82. The van der Waals surface area contributed by atoms with Crippen molar-refractivity contribution in [3.63, 3.8) is 0 Å². The molecule has 0 saturated heterocycles. The van der Waals surface area contributed by atoms with Crippen molar-refractivity contribution >= 4 is 27.8 Å². The van der Waals surface area contributed by atoms with Gasteiger partial charge in [-0.1, -0.05) is 41.4 Å². The lowest BCUT2D eigenvalue weighted by Gasteiger charge is -2.23. The summed E-state index contributed by atoms with van der Waals surface area (Å²) in [5.41, 5.74) is 7.86. The molecule has 0 heterocycles. The molecule has 0 aromatic rings. The van der Waals surface area contributed by atoms with Crippen molar-refractivity contribution in [3.05, 3.63) is 45.6 Å². The largest absolute Gasteiger partial charge is 0.444 e. The molecule has 26 heavy (non-hydrogen) atoms. The van der Waals surface area contributed by atoms with Crippen LogP contribution in [-0.2, 0) is 9.53 Å². The van der Waals surface area contributed by atoms with Crippen LogP contribution in [0.25, 0.3) is 0 Å². The average Bonchev–Trinajstić information content (AvgIpc) is 3.12. The predicted molar refractivity (Wildman–Crippen MR) is 109 cm³/mol. The second kappa shape index (κ2) is 10.4. The van der Waals surface area contributed by atoms with Crippen LogP contribution in [0, 0.1) is 0 Å². The Morgan fingerprint density at radius 1 is 1.23 bits per heavy atom. The maximum atomic E-state index is 12.6. The number of ether oxygens (including phenoxy) is 1. The zero-order chi connectivity index (χ0) is 19.9. The molecule has 6 heteroatoms. The Kier molecular flexibility index (Phi) is 8.85. The molecule has 1 aliphatic carbocycles. The van der Waals surface area contributed by atoms with E-state index < -0.39 is 6.09 Å². The SMILES string of the molecule is C=C(C)/C(Br)=C\C=C(/C)C(=O)/C(COC(=O)N(C)C1CCCC1)=C(/C)N. The van der Waals surface area contributed by atoms with E-state index in [1.807, 2.05) is 6.92 Å². The van der Waals surface area contributed by atoms with Gasteiger partial charge in [0.2, 0.25) is 0 Å². The first-order chi connectivity index (χ1) is 12.1. The third-order valence-electron chi connectivity index (χ3n) is 4.50. The van der Waals surface area contributed by atoms with Crippen molar-refractivity contribution in [2.24, 2.45) is 5.73 Å². The molecule has 5 nitrogen and oxygen atoms in total. The van der Waals surface area contributed by atoms with Crippen LogP contribution < -0.4 is 5.73 Å². The number of amides is 1. The summed E-state index contributed by atoms with van der Waals surface area (Å²) in [5, 5.41) is 0. The Morgan fingerprint density at radius 3 is 2.31 bits per heavy atom. The van der Waals surface area contributed by atoms with Crippen molar-refractivity contribution in [1.29, 1.82) is 0 Å². The Morgan fingerprint density at radius 2 is 1.81 bits per heavy atom. The molecule has 1 fully saturated rings. The number of nitrogens with zero attached hydrogens (tertiary/aromatic N) is 1. The topological polar surface area (TPSA) is 72.6 Å². The van der Waals surface area contributed by atoms with Crippen LogP contribution in [0.3, 0.4) is 0 Å². The number of carbonyl (C=O) groups excluding carboxylic acids is 2. The second-order valence-electron chi connectivity index (χ2n) is 6.74. The number of rotatable bonds is 7. The molecule has 2 N–H and O–H groups in total. The molecular weight excluding hydrogens is 396 g/mol. The molecule has 0 radical (unpaired) electrons. The highest BCUT2D eigenvalue weighted by molar-refractivity contribution is 9.12. The van der Waals surface area contributed by atoms with Crippen molar-refractivity contribution in [2.45, 2.75) is 52.5 Å². The summed E-state index contributed by atoms with van der Waals surface area (Å²) in [4.78, 5) is 26.5. The van der Waals surface area contributed by atoms with Gasteiger partial charge in [-0.3, -0.25) is 4.79 Å². The second-order valence-corrected chi connectivity index (χ2v) is 7.59. The lowest BCUT2D eigenvalue weighted by molar-refractivity contribution is -0.112. The lowest BCUT2D eigenvalue weighted by atomic mass is 10.0. The van der Waals surface area contributed by atoms with Gasteiger partial charge in [0.25, 0.3) is 0 Å². The highest BCUT2D eigenvalue weighted by Gasteiger charge is 2.25. The van der Waals surface area contributed by atoms with Gasteiger partial charge in [0.1, 0.15) is 6.61 Å². The van der Waals surface area contributed by atoms with Gasteiger partial charge in [0.05, 0.1) is 5.57 Å². The lowest BCUT2D eigenvalue weighted by Crippen LogP contribution is -2.36. The first kappa shape index (κ1) is 22.2. The highest BCUT2D eigenvalue weighted by atomic mass is 79.9. The fraction of sp³-hybridized carbons (Fsp3) is 0.500. The maximum absolute atomic E-state index is 12.6. The van der Waals surface area contributed by atoms with Crippen molar-refractivity contribution in [1.82, 2.24) is 4.90 Å². The van der Waals surface area contributed by atoms with E-state index in [0.717, 1.165) is 35.7 Å².